The molecule has 2 rings (SSSR count). The van der Waals surface area contributed by atoms with E-state index in [-0.39, 0.29) is 18.6 Å². The Morgan fingerprint density at radius 3 is 2.87 bits per heavy atom. The fourth-order valence-corrected chi connectivity index (χ4v) is 2.34. The number of amides is 1. The average Bonchev–Trinajstić information content (AvgIpc) is 2.95. The lowest BCUT2D eigenvalue weighted by Crippen LogP contribution is -2.31. The van der Waals surface area contributed by atoms with Crippen LogP contribution in [-0.2, 0) is 11.2 Å². The number of halogens is 2. The maximum absolute atomic E-state index is 11.8. The van der Waals surface area contributed by atoms with Crippen molar-refractivity contribution in [1.29, 1.82) is 0 Å². The predicted octanol–water partition coefficient (Wildman–Crippen LogP) is 2.30. The van der Waals surface area contributed by atoms with Gasteiger partial charge in [-0.05, 0) is 42.5 Å². The molecule has 1 N–H and O–H groups in total. The number of ether oxygens (including phenoxy) is 1. The van der Waals surface area contributed by atoms with E-state index >= 15 is 0 Å². The summed E-state index contributed by atoms with van der Waals surface area (Å²) in [6, 6.07) is 4.99. The van der Waals surface area contributed by atoms with Gasteiger partial charge in [-0.2, -0.15) is 0 Å². The summed E-state index contributed by atoms with van der Waals surface area (Å²) < 4.78 is 7.07. The van der Waals surface area contributed by atoms with E-state index in [2.05, 4.69) is 20.8 Å². The number of nitrogens with one attached hydrogen (secondary N) is 1. The minimum Gasteiger partial charge on any atom is -0.482 e. The lowest BCUT2D eigenvalue weighted by molar-refractivity contribution is -0.123. The summed E-state index contributed by atoms with van der Waals surface area (Å²) in [7, 11) is 0. The van der Waals surface area contributed by atoms with Gasteiger partial charge >= 0.3 is 0 Å². The van der Waals surface area contributed by atoms with E-state index in [1.165, 1.54) is 0 Å². The molecule has 1 amide bonds. The van der Waals surface area contributed by atoms with E-state index in [9.17, 15) is 4.79 Å². The molecule has 0 aliphatic carbocycles. The largest absolute Gasteiger partial charge is 0.482 e. The Labute approximate surface area is 143 Å². The molecule has 0 aliphatic rings. The van der Waals surface area contributed by atoms with E-state index in [0.29, 0.717) is 28.8 Å². The van der Waals surface area contributed by atoms with Crippen molar-refractivity contribution < 1.29 is 9.53 Å². The smallest absolute Gasteiger partial charge is 0.257 e. The van der Waals surface area contributed by atoms with Gasteiger partial charge in [0.25, 0.3) is 5.91 Å². The number of carbonyl (C=O) groups excluding carboxylic acids is 1. The highest BCUT2D eigenvalue weighted by atomic mass is 35.5. The van der Waals surface area contributed by atoms with Crippen LogP contribution < -0.4 is 10.1 Å². The van der Waals surface area contributed by atoms with Crippen LogP contribution in [0.25, 0.3) is 0 Å². The normalized spacial score (nSPS) is 10.8. The van der Waals surface area contributed by atoms with Crippen molar-refractivity contribution in [3.63, 3.8) is 0 Å². The molecule has 0 saturated carbocycles. The van der Waals surface area contributed by atoms with Gasteiger partial charge in [0.2, 0.25) is 0 Å². The van der Waals surface area contributed by atoms with Gasteiger partial charge in [-0.1, -0.05) is 23.2 Å². The number of benzene rings is 1. The van der Waals surface area contributed by atoms with Gasteiger partial charge in [-0.15, -0.1) is 5.10 Å². The first-order valence-electron chi connectivity index (χ1n) is 7.08. The van der Waals surface area contributed by atoms with E-state index in [1.54, 1.807) is 22.9 Å². The van der Waals surface area contributed by atoms with Gasteiger partial charge in [0.1, 0.15) is 5.75 Å². The molecule has 0 aliphatic heterocycles. The number of hydrogen-bond donors (Lipinski definition) is 1. The van der Waals surface area contributed by atoms with Crippen molar-refractivity contribution >= 4 is 29.1 Å². The van der Waals surface area contributed by atoms with Crippen LogP contribution in [0, 0.1) is 0 Å². The minimum atomic E-state index is -0.250. The third-order valence-electron chi connectivity index (χ3n) is 2.97. The number of rotatable bonds is 7. The molecule has 0 saturated heterocycles. The Morgan fingerprint density at radius 2 is 2.17 bits per heavy atom. The van der Waals surface area contributed by atoms with Gasteiger partial charge in [0.15, 0.2) is 12.4 Å². The zero-order chi connectivity index (χ0) is 16.8. The first-order chi connectivity index (χ1) is 11.0. The predicted molar refractivity (Wildman–Crippen MR) is 86.9 cm³/mol. The molecule has 0 bridgehead atoms. The third-order valence-corrected chi connectivity index (χ3v) is 3.50. The van der Waals surface area contributed by atoms with Crippen LogP contribution in [0.5, 0.6) is 5.75 Å². The quantitative estimate of drug-likeness (QED) is 0.821. The van der Waals surface area contributed by atoms with E-state index < -0.39 is 0 Å². The molecule has 0 atom stereocenters. The topological polar surface area (TPSA) is 81.9 Å². The molecule has 0 radical (unpaired) electrons. The molecule has 9 heteroatoms. The maximum Gasteiger partial charge on any atom is 0.257 e. The van der Waals surface area contributed by atoms with Crippen LogP contribution in [0.1, 0.15) is 25.7 Å². The lowest BCUT2D eigenvalue weighted by Gasteiger charge is -2.10. The van der Waals surface area contributed by atoms with Gasteiger partial charge in [0.05, 0.1) is 11.1 Å². The Kier molecular flexibility index (Phi) is 6.18. The number of carbonyl (C=O) groups is 1. The second-order valence-electron chi connectivity index (χ2n) is 5.10. The van der Waals surface area contributed by atoms with Crippen molar-refractivity contribution in [2.75, 3.05) is 13.2 Å². The van der Waals surface area contributed by atoms with Crippen molar-refractivity contribution in [2.24, 2.45) is 0 Å². The Hall–Kier alpha value is -1.86. The Balaban J connectivity index is 1.76. The number of aromatic nitrogens is 4. The van der Waals surface area contributed by atoms with Crippen molar-refractivity contribution in [1.82, 2.24) is 25.5 Å². The van der Waals surface area contributed by atoms with Crippen LogP contribution >= 0.6 is 23.2 Å². The molecule has 1 heterocycles. The lowest BCUT2D eigenvalue weighted by atomic mass is 10.3. The molecule has 124 valence electrons. The molecule has 0 unspecified atom stereocenters. The zero-order valence-electron chi connectivity index (χ0n) is 12.8. The molecular weight excluding hydrogens is 341 g/mol. The van der Waals surface area contributed by atoms with Crippen LogP contribution in [0.15, 0.2) is 18.2 Å². The van der Waals surface area contributed by atoms with Gasteiger partial charge in [0, 0.05) is 18.0 Å². The van der Waals surface area contributed by atoms with Crippen LogP contribution in [0.2, 0.25) is 10.0 Å². The monoisotopic (exact) mass is 357 g/mol. The molecule has 2 aromatic rings. The summed E-state index contributed by atoms with van der Waals surface area (Å²) in [4.78, 5) is 11.8. The SMILES string of the molecule is CC(C)n1nnnc1CCNC(=O)COc1ccc(Cl)cc1Cl. The van der Waals surface area contributed by atoms with E-state index in [0.717, 1.165) is 5.82 Å². The fraction of sp³-hybridized carbons (Fsp3) is 0.429. The van der Waals surface area contributed by atoms with Gasteiger partial charge in [-0.25, -0.2) is 4.68 Å². The minimum absolute atomic E-state index is 0.128. The highest BCUT2D eigenvalue weighted by Gasteiger charge is 2.10. The summed E-state index contributed by atoms with van der Waals surface area (Å²) in [6.07, 6.45) is 0.540. The van der Waals surface area contributed by atoms with Crippen LogP contribution in [0.4, 0.5) is 0 Å². The van der Waals surface area contributed by atoms with Crippen molar-refractivity contribution in [2.45, 2.75) is 26.3 Å². The standard InChI is InChI=1S/C14H17Cl2N5O2/c1-9(2)21-13(18-19-20-21)5-6-17-14(22)8-23-12-4-3-10(15)7-11(12)16/h3-4,7,9H,5-6,8H2,1-2H3,(H,17,22). The molecule has 7 nitrogen and oxygen atoms in total. The van der Waals surface area contributed by atoms with Crippen molar-refractivity contribution in [3.05, 3.63) is 34.1 Å². The van der Waals surface area contributed by atoms with Crippen LogP contribution in [-0.4, -0.2) is 39.3 Å². The fourth-order valence-electron chi connectivity index (χ4n) is 1.88. The first kappa shape index (κ1) is 17.5. The van der Waals surface area contributed by atoms with Crippen molar-refractivity contribution in [3.8, 4) is 5.75 Å². The summed E-state index contributed by atoms with van der Waals surface area (Å²) >= 11 is 11.8. The highest BCUT2D eigenvalue weighted by Crippen LogP contribution is 2.27. The van der Waals surface area contributed by atoms with Gasteiger partial charge < -0.3 is 10.1 Å². The Bertz CT molecular complexity index is 675. The first-order valence-corrected chi connectivity index (χ1v) is 7.84. The summed E-state index contributed by atoms with van der Waals surface area (Å²) in [6.45, 7) is 4.27. The second kappa shape index (κ2) is 8.12. The second-order valence-corrected chi connectivity index (χ2v) is 5.94. The van der Waals surface area contributed by atoms with Crippen LogP contribution in [0.3, 0.4) is 0 Å². The number of nitrogens with zero attached hydrogens (tertiary/aromatic N) is 4. The molecule has 23 heavy (non-hydrogen) atoms. The summed E-state index contributed by atoms with van der Waals surface area (Å²) in [5, 5.41) is 15.1. The third kappa shape index (κ3) is 5.07. The molecular formula is C14H17Cl2N5O2. The molecule has 0 fully saturated rings. The zero-order valence-corrected chi connectivity index (χ0v) is 14.3. The maximum atomic E-state index is 11.8. The molecule has 0 spiro atoms. The van der Waals surface area contributed by atoms with Gasteiger partial charge in [-0.3, -0.25) is 4.79 Å². The van der Waals surface area contributed by atoms with E-state index in [4.69, 9.17) is 27.9 Å². The Morgan fingerprint density at radius 1 is 1.39 bits per heavy atom. The molecule has 1 aromatic heterocycles. The number of hydrogen-bond acceptors (Lipinski definition) is 5. The number of tetrazole rings is 1. The highest BCUT2D eigenvalue weighted by molar-refractivity contribution is 6.35. The molecule has 1 aromatic carbocycles. The summed E-state index contributed by atoms with van der Waals surface area (Å²) in [5.41, 5.74) is 0. The van der Waals surface area contributed by atoms with E-state index in [1.807, 2.05) is 13.8 Å². The summed E-state index contributed by atoms with van der Waals surface area (Å²) in [5.74, 6) is 0.886. The average molecular weight is 358 g/mol.